The molecule has 0 aromatic carbocycles. The highest BCUT2D eigenvalue weighted by molar-refractivity contribution is 9.06. The van der Waals surface area contributed by atoms with Gasteiger partial charge >= 0.3 is 5.97 Å². The first-order chi connectivity index (χ1) is 11.6. The molecule has 140 valence electrons. The van der Waals surface area contributed by atoms with E-state index in [4.69, 9.17) is 13.3 Å². The molecule has 1 fully saturated rings. The summed E-state index contributed by atoms with van der Waals surface area (Å²) in [5, 5.41) is 0. The molecule has 1 saturated heterocycles. The molecule has 5 heteroatoms. The van der Waals surface area contributed by atoms with Crippen LogP contribution in [0.5, 0.6) is 0 Å². The molecule has 1 aliphatic heterocycles. The molecule has 0 amide bonds. The molecule has 1 heterocycles. The zero-order valence-electron chi connectivity index (χ0n) is 15.3. The quantitative estimate of drug-likeness (QED) is 0.257. The monoisotopic (exact) mass is 404 g/mol. The van der Waals surface area contributed by atoms with Gasteiger partial charge in [-0.25, -0.2) is 0 Å². The van der Waals surface area contributed by atoms with Crippen LogP contribution in [-0.2, 0) is 18.1 Å². The van der Waals surface area contributed by atoms with Crippen molar-refractivity contribution >= 4 is 22.2 Å². The molecular formula is C19H33BrO4. The third-order valence-corrected chi connectivity index (χ3v) is 5.14. The Bertz CT molecular complexity index is 372. The number of carbonyl (C=O) groups excluding carboxylic acids is 1. The van der Waals surface area contributed by atoms with Crippen molar-refractivity contribution in [2.24, 2.45) is 11.8 Å². The molecule has 0 aromatic heterocycles. The minimum absolute atomic E-state index is 0.0743. The number of esters is 1. The summed E-state index contributed by atoms with van der Waals surface area (Å²) >= 11 is 3.12. The number of halogens is 1. The van der Waals surface area contributed by atoms with Gasteiger partial charge in [0, 0.05) is 12.3 Å². The van der Waals surface area contributed by atoms with Crippen LogP contribution < -0.4 is 0 Å². The van der Waals surface area contributed by atoms with Crippen molar-refractivity contribution in [2.45, 2.75) is 84.5 Å². The molecule has 1 rings (SSSR count). The van der Waals surface area contributed by atoms with Crippen LogP contribution in [0, 0.1) is 11.8 Å². The van der Waals surface area contributed by atoms with Crippen LogP contribution in [0.15, 0.2) is 12.2 Å². The van der Waals surface area contributed by atoms with Crippen LogP contribution >= 0.6 is 16.3 Å². The lowest BCUT2D eigenvalue weighted by molar-refractivity contribution is -0.182. The number of hydrogen-bond acceptors (Lipinski definition) is 4. The van der Waals surface area contributed by atoms with Crippen LogP contribution in [0.4, 0.5) is 0 Å². The van der Waals surface area contributed by atoms with E-state index in [-0.39, 0.29) is 18.4 Å². The largest absolute Gasteiger partial charge is 0.466 e. The first-order valence-corrected chi connectivity index (χ1v) is 9.96. The lowest BCUT2D eigenvalue weighted by Gasteiger charge is -2.37. The Morgan fingerprint density at radius 1 is 1.42 bits per heavy atom. The molecule has 1 aliphatic rings. The number of allylic oxidation sites excluding steroid dienone is 2. The molecule has 0 aromatic rings. The third-order valence-electron chi connectivity index (χ3n) is 4.77. The molecule has 4 unspecified atom stereocenters. The zero-order valence-corrected chi connectivity index (χ0v) is 16.9. The number of ether oxygens (including phenoxy) is 2. The molecule has 24 heavy (non-hydrogen) atoms. The lowest BCUT2D eigenvalue weighted by Crippen LogP contribution is -2.38. The first kappa shape index (κ1) is 21.7. The second-order valence-electron chi connectivity index (χ2n) is 6.69. The molecule has 0 bridgehead atoms. The average Bonchev–Trinajstić information content (AvgIpc) is 2.60. The van der Waals surface area contributed by atoms with E-state index in [1.54, 1.807) is 0 Å². The molecule has 4 atom stereocenters. The summed E-state index contributed by atoms with van der Waals surface area (Å²) in [5.41, 5.74) is 0. The fraction of sp³-hybridized carbons (Fsp3) is 0.842. The van der Waals surface area contributed by atoms with Gasteiger partial charge in [0.25, 0.3) is 0 Å². The van der Waals surface area contributed by atoms with Crippen LogP contribution in [0.25, 0.3) is 0 Å². The van der Waals surface area contributed by atoms with Crippen molar-refractivity contribution in [3.8, 4) is 0 Å². The Balaban J connectivity index is 2.34. The van der Waals surface area contributed by atoms with E-state index in [1.807, 2.05) is 0 Å². The maximum Gasteiger partial charge on any atom is 0.305 e. The van der Waals surface area contributed by atoms with Crippen molar-refractivity contribution in [1.29, 1.82) is 0 Å². The number of carbonyl (C=O) groups is 1. The van der Waals surface area contributed by atoms with Crippen LogP contribution in [0.3, 0.4) is 0 Å². The Morgan fingerprint density at radius 2 is 2.21 bits per heavy atom. The third kappa shape index (κ3) is 8.13. The van der Waals surface area contributed by atoms with Gasteiger partial charge < -0.3 is 9.47 Å². The molecule has 4 nitrogen and oxygen atoms in total. The Hall–Kier alpha value is -0.390. The second kappa shape index (κ2) is 12.9. The predicted octanol–water partition coefficient (Wildman–Crippen LogP) is 5.55. The Morgan fingerprint density at radius 3 is 2.88 bits per heavy atom. The van der Waals surface area contributed by atoms with Gasteiger partial charge in [0.05, 0.1) is 12.7 Å². The van der Waals surface area contributed by atoms with E-state index < -0.39 is 0 Å². The van der Waals surface area contributed by atoms with E-state index in [9.17, 15) is 4.79 Å². The maximum atomic E-state index is 11.7. The van der Waals surface area contributed by atoms with Gasteiger partial charge in [0.15, 0.2) is 6.29 Å². The van der Waals surface area contributed by atoms with Crippen molar-refractivity contribution in [2.75, 3.05) is 6.61 Å². The molecule has 0 radical (unpaired) electrons. The van der Waals surface area contributed by atoms with Crippen LogP contribution in [0.1, 0.15) is 72.1 Å². The summed E-state index contributed by atoms with van der Waals surface area (Å²) in [6.45, 7) is 6.93. The highest BCUT2D eigenvalue weighted by Gasteiger charge is 2.35. The molecule has 0 N–H and O–H groups in total. The summed E-state index contributed by atoms with van der Waals surface area (Å²) in [7, 11) is 0. The fourth-order valence-electron chi connectivity index (χ4n) is 3.15. The smallest absolute Gasteiger partial charge is 0.305 e. The summed E-state index contributed by atoms with van der Waals surface area (Å²) in [6.07, 6.45) is 11.5. The standard InChI is InChI=1S/C19H33BrO4/c1-4-6-8-9-15(3)17-12-10-16(23-19(17)24-20)11-13-18(21)22-14-7-5-2/h4,6,15-17,19H,5,7-14H2,1-3H3. The summed E-state index contributed by atoms with van der Waals surface area (Å²) in [6, 6.07) is 0. The van der Waals surface area contributed by atoms with Gasteiger partial charge in [-0.05, 0) is 51.4 Å². The number of hydrogen-bond donors (Lipinski definition) is 0. The molecular weight excluding hydrogens is 372 g/mol. The van der Waals surface area contributed by atoms with Crippen LogP contribution in [0.2, 0.25) is 0 Å². The maximum absolute atomic E-state index is 11.7. The van der Waals surface area contributed by atoms with Crippen molar-refractivity contribution in [3.63, 3.8) is 0 Å². The first-order valence-electron chi connectivity index (χ1n) is 9.31. The zero-order chi connectivity index (χ0) is 17.8. The summed E-state index contributed by atoms with van der Waals surface area (Å²) in [4.78, 5) is 11.7. The van der Waals surface area contributed by atoms with E-state index in [2.05, 4.69) is 49.2 Å². The van der Waals surface area contributed by atoms with Gasteiger partial charge in [-0.15, -0.1) is 0 Å². The van der Waals surface area contributed by atoms with Crippen molar-refractivity contribution in [1.82, 2.24) is 0 Å². The van der Waals surface area contributed by atoms with Gasteiger partial charge in [0.1, 0.15) is 16.3 Å². The van der Waals surface area contributed by atoms with Gasteiger partial charge in [-0.3, -0.25) is 8.62 Å². The minimum Gasteiger partial charge on any atom is -0.466 e. The van der Waals surface area contributed by atoms with Crippen LogP contribution in [-0.4, -0.2) is 25.0 Å². The highest BCUT2D eigenvalue weighted by Crippen LogP contribution is 2.35. The van der Waals surface area contributed by atoms with Gasteiger partial charge in [0.2, 0.25) is 0 Å². The average molecular weight is 405 g/mol. The highest BCUT2D eigenvalue weighted by atomic mass is 79.9. The van der Waals surface area contributed by atoms with E-state index in [1.165, 1.54) is 0 Å². The summed E-state index contributed by atoms with van der Waals surface area (Å²) < 4.78 is 16.7. The van der Waals surface area contributed by atoms with Crippen molar-refractivity contribution < 1.29 is 18.1 Å². The van der Waals surface area contributed by atoms with Gasteiger partial charge in [-0.2, -0.15) is 0 Å². The number of rotatable bonds is 11. The van der Waals surface area contributed by atoms with Gasteiger partial charge in [-0.1, -0.05) is 32.4 Å². The minimum atomic E-state index is -0.236. The number of unbranched alkanes of at least 4 members (excludes halogenated alkanes) is 1. The normalized spacial score (nSPS) is 25.8. The molecule has 0 aliphatic carbocycles. The summed E-state index contributed by atoms with van der Waals surface area (Å²) in [5.74, 6) is 0.816. The Labute approximate surface area is 155 Å². The SMILES string of the molecule is CC=CCCC(C)C1CCC(CCC(=O)OCCCC)OC1OBr. The van der Waals surface area contributed by atoms with E-state index in [0.29, 0.717) is 31.3 Å². The lowest BCUT2D eigenvalue weighted by atomic mass is 9.83. The predicted molar refractivity (Wildman–Crippen MR) is 99.7 cm³/mol. The topological polar surface area (TPSA) is 44.8 Å². The molecule has 0 saturated carbocycles. The fourth-order valence-corrected chi connectivity index (χ4v) is 3.51. The molecule has 0 spiro atoms. The Kier molecular flexibility index (Phi) is 11.6. The second-order valence-corrected chi connectivity index (χ2v) is 7.07. The van der Waals surface area contributed by atoms with Crippen molar-refractivity contribution in [3.05, 3.63) is 12.2 Å². The van der Waals surface area contributed by atoms with E-state index >= 15 is 0 Å². The van der Waals surface area contributed by atoms with E-state index in [0.717, 1.165) is 38.5 Å².